The summed E-state index contributed by atoms with van der Waals surface area (Å²) >= 11 is 0. The van der Waals surface area contributed by atoms with E-state index in [1.54, 1.807) is 7.05 Å². The van der Waals surface area contributed by atoms with E-state index in [9.17, 15) is 8.78 Å². The summed E-state index contributed by atoms with van der Waals surface area (Å²) in [4.78, 5) is 6.15. The average molecular weight is 294 g/mol. The van der Waals surface area contributed by atoms with Gasteiger partial charge in [0.2, 0.25) is 0 Å². The van der Waals surface area contributed by atoms with E-state index in [-0.39, 0.29) is 6.04 Å². The van der Waals surface area contributed by atoms with Gasteiger partial charge in [-0.1, -0.05) is 0 Å². The standard InChI is InChI=1S/C15H20F2N4/c1-18-15(19-11-3-4-11)20-12-6-7-21(9-12)14-5-2-10(16)8-13(14)17/h2,5,8,11-12H,3-4,6-7,9H2,1H3,(H2,18,19,20). The number of hydrogen-bond acceptors (Lipinski definition) is 2. The molecule has 6 heteroatoms. The SMILES string of the molecule is CN=C(NC1CC1)NC1CCN(c2ccc(F)cc2F)C1. The molecule has 1 saturated heterocycles. The Morgan fingerprint density at radius 3 is 2.62 bits per heavy atom. The number of hydrogen-bond donors (Lipinski definition) is 2. The van der Waals surface area contributed by atoms with Gasteiger partial charge in [0.1, 0.15) is 11.6 Å². The third kappa shape index (κ3) is 3.43. The molecule has 114 valence electrons. The van der Waals surface area contributed by atoms with Gasteiger partial charge in [-0.3, -0.25) is 4.99 Å². The van der Waals surface area contributed by atoms with Crippen molar-refractivity contribution < 1.29 is 8.78 Å². The number of benzene rings is 1. The average Bonchev–Trinajstić information content (AvgIpc) is 3.15. The molecule has 1 aliphatic carbocycles. The summed E-state index contributed by atoms with van der Waals surface area (Å²) < 4.78 is 26.8. The molecule has 2 fully saturated rings. The Morgan fingerprint density at radius 2 is 1.95 bits per heavy atom. The van der Waals surface area contributed by atoms with Crippen LogP contribution in [-0.2, 0) is 0 Å². The van der Waals surface area contributed by atoms with E-state index in [0.717, 1.165) is 25.0 Å². The monoisotopic (exact) mass is 294 g/mol. The van der Waals surface area contributed by atoms with Gasteiger partial charge < -0.3 is 15.5 Å². The van der Waals surface area contributed by atoms with Crippen molar-refractivity contribution in [1.82, 2.24) is 10.6 Å². The zero-order valence-electron chi connectivity index (χ0n) is 12.1. The van der Waals surface area contributed by atoms with Crippen LogP contribution in [0.5, 0.6) is 0 Å². The normalized spacial score (nSPS) is 22.5. The fraction of sp³-hybridized carbons (Fsp3) is 0.533. The molecule has 1 unspecified atom stereocenters. The van der Waals surface area contributed by atoms with Crippen molar-refractivity contribution in [3.05, 3.63) is 29.8 Å². The van der Waals surface area contributed by atoms with Gasteiger partial charge in [-0.05, 0) is 31.4 Å². The molecule has 1 aromatic carbocycles. The number of nitrogens with one attached hydrogen (secondary N) is 2. The minimum absolute atomic E-state index is 0.222. The highest BCUT2D eigenvalue weighted by atomic mass is 19.1. The minimum atomic E-state index is -0.542. The summed E-state index contributed by atoms with van der Waals surface area (Å²) in [6.07, 6.45) is 3.29. The van der Waals surface area contributed by atoms with Crippen molar-refractivity contribution in [2.24, 2.45) is 4.99 Å². The maximum absolute atomic E-state index is 13.8. The van der Waals surface area contributed by atoms with E-state index < -0.39 is 11.6 Å². The van der Waals surface area contributed by atoms with Gasteiger partial charge in [0, 0.05) is 38.3 Å². The van der Waals surface area contributed by atoms with Crippen LogP contribution in [0.25, 0.3) is 0 Å². The molecule has 0 bridgehead atoms. The lowest BCUT2D eigenvalue weighted by molar-refractivity contribution is 0.580. The van der Waals surface area contributed by atoms with Crippen LogP contribution in [0.1, 0.15) is 19.3 Å². The molecule has 2 aliphatic rings. The lowest BCUT2D eigenvalue weighted by atomic mass is 10.2. The van der Waals surface area contributed by atoms with Crippen LogP contribution in [0.3, 0.4) is 0 Å². The van der Waals surface area contributed by atoms with E-state index in [4.69, 9.17) is 0 Å². The Morgan fingerprint density at radius 1 is 1.19 bits per heavy atom. The Balaban J connectivity index is 1.59. The van der Waals surface area contributed by atoms with Crippen LogP contribution < -0.4 is 15.5 Å². The fourth-order valence-electron chi connectivity index (χ4n) is 2.62. The quantitative estimate of drug-likeness (QED) is 0.660. The second kappa shape index (κ2) is 5.87. The maximum atomic E-state index is 13.8. The number of nitrogens with zero attached hydrogens (tertiary/aromatic N) is 2. The maximum Gasteiger partial charge on any atom is 0.191 e. The smallest absolute Gasteiger partial charge is 0.191 e. The molecule has 0 aromatic heterocycles. The van der Waals surface area contributed by atoms with Crippen molar-refractivity contribution in [3.63, 3.8) is 0 Å². The van der Waals surface area contributed by atoms with E-state index in [0.29, 0.717) is 18.3 Å². The lowest BCUT2D eigenvalue weighted by Crippen LogP contribution is -2.45. The van der Waals surface area contributed by atoms with Crippen LogP contribution in [0.4, 0.5) is 14.5 Å². The van der Waals surface area contributed by atoms with Crippen molar-refractivity contribution in [1.29, 1.82) is 0 Å². The Kier molecular flexibility index (Phi) is 3.94. The topological polar surface area (TPSA) is 39.7 Å². The predicted octanol–water partition coefficient (Wildman–Crippen LogP) is 1.87. The summed E-state index contributed by atoms with van der Waals surface area (Å²) in [5, 5.41) is 6.71. The van der Waals surface area contributed by atoms with Gasteiger partial charge in [-0.2, -0.15) is 0 Å². The largest absolute Gasteiger partial charge is 0.367 e. The first kappa shape index (κ1) is 14.1. The number of aliphatic imine (C=N–C) groups is 1. The molecule has 1 saturated carbocycles. The Hall–Kier alpha value is -1.85. The number of guanidine groups is 1. The first-order chi connectivity index (χ1) is 10.2. The van der Waals surface area contributed by atoms with E-state index in [2.05, 4.69) is 15.6 Å². The van der Waals surface area contributed by atoms with Crippen molar-refractivity contribution in [2.45, 2.75) is 31.3 Å². The lowest BCUT2D eigenvalue weighted by Gasteiger charge is -2.20. The van der Waals surface area contributed by atoms with Crippen LogP contribution >= 0.6 is 0 Å². The highest BCUT2D eigenvalue weighted by Gasteiger charge is 2.27. The zero-order chi connectivity index (χ0) is 14.8. The molecule has 1 atom stereocenters. The third-order valence-corrected chi connectivity index (χ3v) is 3.92. The fourth-order valence-corrected chi connectivity index (χ4v) is 2.62. The van der Waals surface area contributed by atoms with E-state index in [1.165, 1.54) is 25.0 Å². The number of anilines is 1. The highest BCUT2D eigenvalue weighted by Crippen LogP contribution is 2.24. The van der Waals surface area contributed by atoms with Gasteiger partial charge in [0.05, 0.1) is 5.69 Å². The van der Waals surface area contributed by atoms with Gasteiger partial charge in [0.15, 0.2) is 5.96 Å². The predicted molar refractivity (Wildman–Crippen MR) is 79.6 cm³/mol. The molecule has 0 radical (unpaired) electrons. The molecule has 1 heterocycles. The van der Waals surface area contributed by atoms with Crippen LogP contribution in [0.2, 0.25) is 0 Å². The summed E-state index contributed by atoms with van der Waals surface area (Å²) in [7, 11) is 1.75. The first-order valence-corrected chi connectivity index (χ1v) is 7.35. The van der Waals surface area contributed by atoms with Crippen molar-refractivity contribution in [2.75, 3.05) is 25.0 Å². The van der Waals surface area contributed by atoms with Gasteiger partial charge in [0.25, 0.3) is 0 Å². The third-order valence-electron chi connectivity index (χ3n) is 3.92. The molecule has 3 rings (SSSR count). The molecular formula is C15H20F2N4. The Bertz CT molecular complexity index is 542. The molecule has 2 N–H and O–H groups in total. The first-order valence-electron chi connectivity index (χ1n) is 7.35. The highest BCUT2D eigenvalue weighted by molar-refractivity contribution is 5.80. The van der Waals surface area contributed by atoms with E-state index in [1.807, 2.05) is 4.90 Å². The van der Waals surface area contributed by atoms with Gasteiger partial charge >= 0.3 is 0 Å². The van der Waals surface area contributed by atoms with Crippen molar-refractivity contribution in [3.8, 4) is 0 Å². The second-order valence-electron chi connectivity index (χ2n) is 5.66. The van der Waals surface area contributed by atoms with Crippen molar-refractivity contribution >= 4 is 11.6 Å². The summed E-state index contributed by atoms with van der Waals surface area (Å²) in [6, 6.07) is 4.50. The molecule has 21 heavy (non-hydrogen) atoms. The van der Waals surface area contributed by atoms with Gasteiger partial charge in [-0.15, -0.1) is 0 Å². The number of rotatable bonds is 3. The van der Waals surface area contributed by atoms with Gasteiger partial charge in [-0.25, -0.2) is 8.78 Å². The van der Waals surface area contributed by atoms with Crippen LogP contribution in [0, 0.1) is 11.6 Å². The van der Waals surface area contributed by atoms with Crippen LogP contribution in [-0.4, -0.2) is 38.2 Å². The number of halogens is 2. The molecule has 1 aliphatic heterocycles. The molecule has 0 amide bonds. The molecule has 0 spiro atoms. The van der Waals surface area contributed by atoms with E-state index >= 15 is 0 Å². The zero-order valence-corrected chi connectivity index (χ0v) is 12.1. The second-order valence-corrected chi connectivity index (χ2v) is 5.66. The minimum Gasteiger partial charge on any atom is -0.367 e. The van der Waals surface area contributed by atoms with Crippen LogP contribution in [0.15, 0.2) is 23.2 Å². The molecular weight excluding hydrogens is 274 g/mol. The summed E-state index contributed by atoms with van der Waals surface area (Å²) in [6.45, 7) is 1.44. The molecule has 4 nitrogen and oxygen atoms in total. The molecule has 1 aromatic rings. The Labute approximate surface area is 123 Å². The summed E-state index contributed by atoms with van der Waals surface area (Å²) in [5.74, 6) is -0.237. The summed E-state index contributed by atoms with van der Waals surface area (Å²) in [5.41, 5.74) is 0.464.